The highest BCUT2D eigenvalue weighted by Crippen LogP contribution is 2.34. The molecule has 0 saturated carbocycles. The number of nitrogens with two attached hydrogens (primary N) is 1. The first-order valence-corrected chi connectivity index (χ1v) is 11.6. The van der Waals surface area contributed by atoms with Crippen LogP contribution in [0.4, 0.5) is 4.39 Å². The fourth-order valence-corrected chi connectivity index (χ4v) is 4.85. The molecule has 0 unspecified atom stereocenters. The van der Waals surface area contributed by atoms with Gasteiger partial charge in [0.2, 0.25) is 5.95 Å². The Hall–Kier alpha value is -3.75. The van der Waals surface area contributed by atoms with E-state index in [9.17, 15) is 9.18 Å². The molecule has 9 heteroatoms. The molecule has 3 heterocycles. The number of primary amides is 1. The lowest BCUT2D eigenvalue weighted by molar-refractivity contribution is 0.100. The van der Waals surface area contributed by atoms with Gasteiger partial charge in [-0.3, -0.25) is 9.36 Å². The summed E-state index contributed by atoms with van der Waals surface area (Å²) in [5, 5.41) is 1.41. The lowest BCUT2D eigenvalue weighted by Gasteiger charge is -2.07. The quantitative estimate of drug-likeness (QED) is 0.297. The number of pyridine rings is 1. The third-order valence-electron chi connectivity index (χ3n) is 5.34. The van der Waals surface area contributed by atoms with Crippen molar-refractivity contribution in [2.24, 2.45) is 5.73 Å². The van der Waals surface area contributed by atoms with Crippen molar-refractivity contribution >= 4 is 39.9 Å². The molecule has 1 amide bonds. The maximum atomic E-state index is 13.5. The minimum absolute atomic E-state index is 0.333. The SMILES string of the molecule is NC(=O)c1sc(-n2cnc3cc(-c4ccnc(F)c4)ccc32)cc1OCCc1ccccc1Cl. The molecular formula is C25H18ClFN4O2S. The van der Waals surface area contributed by atoms with Crippen LogP contribution in [0, 0.1) is 5.95 Å². The van der Waals surface area contributed by atoms with Gasteiger partial charge in [0.15, 0.2) is 0 Å². The standard InChI is InChI=1S/C25H18ClFN4O2S/c26-18-4-2-1-3-15(18)8-10-33-21-13-23(34-24(21)25(28)32)31-14-30-19-11-16(5-6-20(19)31)17-7-9-29-22(27)12-17/h1-7,9,11-14H,8,10H2,(H2,28,32). The highest BCUT2D eigenvalue weighted by Gasteiger charge is 2.18. The molecule has 0 aliphatic heterocycles. The molecule has 0 aliphatic carbocycles. The summed E-state index contributed by atoms with van der Waals surface area (Å²) in [5.41, 5.74) is 9.67. The molecule has 5 aromatic rings. The summed E-state index contributed by atoms with van der Waals surface area (Å²) < 4.78 is 21.3. The van der Waals surface area contributed by atoms with E-state index in [1.807, 2.05) is 47.0 Å². The molecule has 2 N–H and O–H groups in total. The molecule has 0 aliphatic rings. The van der Waals surface area contributed by atoms with Crippen molar-refractivity contribution in [2.75, 3.05) is 6.61 Å². The second-order valence-electron chi connectivity index (χ2n) is 7.52. The second kappa shape index (κ2) is 9.24. The van der Waals surface area contributed by atoms with E-state index in [-0.39, 0.29) is 0 Å². The number of imidazole rings is 1. The average molecular weight is 493 g/mol. The predicted octanol–water partition coefficient (Wildman–Crippen LogP) is 5.66. The maximum Gasteiger partial charge on any atom is 0.262 e. The van der Waals surface area contributed by atoms with Crippen molar-refractivity contribution in [1.29, 1.82) is 0 Å². The fraction of sp³-hybridized carbons (Fsp3) is 0.0800. The number of hydrogen-bond acceptors (Lipinski definition) is 5. The van der Waals surface area contributed by atoms with E-state index in [0.29, 0.717) is 34.2 Å². The Morgan fingerprint density at radius 2 is 1.91 bits per heavy atom. The minimum Gasteiger partial charge on any atom is -0.491 e. The summed E-state index contributed by atoms with van der Waals surface area (Å²) >= 11 is 7.44. The maximum absolute atomic E-state index is 13.5. The van der Waals surface area contributed by atoms with E-state index < -0.39 is 11.9 Å². The van der Waals surface area contributed by atoms with Gasteiger partial charge in [-0.05, 0) is 41.0 Å². The molecule has 0 fully saturated rings. The molecule has 2 aromatic carbocycles. The Bertz CT molecular complexity index is 1510. The van der Waals surface area contributed by atoms with Crippen molar-refractivity contribution in [1.82, 2.24) is 14.5 Å². The molecule has 6 nitrogen and oxygen atoms in total. The van der Waals surface area contributed by atoms with Crippen LogP contribution < -0.4 is 10.5 Å². The van der Waals surface area contributed by atoms with Crippen LogP contribution in [0.15, 0.2) is 73.2 Å². The van der Waals surface area contributed by atoms with E-state index in [4.69, 9.17) is 22.1 Å². The summed E-state index contributed by atoms with van der Waals surface area (Å²) in [7, 11) is 0. The van der Waals surface area contributed by atoms with Crippen LogP contribution in [0.5, 0.6) is 5.75 Å². The predicted molar refractivity (Wildman–Crippen MR) is 131 cm³/mol. The Morgan fingerprint density at radius 3 is 2.71 bits per heavy atom. The lowest BCUT2D eigenvalue weighted by Crippen LogP contribution is -2.11. The number of amides is 1. The molecule has 0 saturated heterocycles. The van der Waals surface area contributed by atoms with Crippen LogP contribution in [-0.2, 0) is 6.42 Å². The number of fused-ring (bicyclic) bond motifs is 1. The van der Waals surface area contributed by atoms with E-state index in [1.54, 1.807) is 18.5 Å². The van der Waals surface area contributed by atoms with Gasteiger partial charge in [0.1, 0.15) is 22.0 Å². The van der Waals surface area contributed by atoms with Crippen molar-refractivity contribution in [3.05, 3.63) is 94.6 Å². The van der Waals surface area contributed by atoms with Crippen LogP contribution >= 0.6 is 22.9 Å². The number of halogens is 2. The van der Waals surface area contributed by atoms with Gasteiger partial charge in [0.05, 0.1) is 17.6 Å². The molecule has 170 valence electrons. The van der Waals surface area contributed by atoms with E-state index >= 15 is 0 Å². The largest absolute Gasteiger partial charge is 0.491 e. The van der Waals surface area contributed by atoms with Crippen molar-refractivity contribution in [2.45, 2.75) is 6.42 Å². The zero-order valence-electron chi connectivity index (χ0n) is 17.7. The molecule has 3 aromatic heterocycles. The highest BCUT2D eigenvalue weighted by atomic mass is 35.5. The van der Waals surface area contributed by atoms with E-state index in [0.717, 1.165) is 27.2 Å². The number of aromatic nitrogens is 3. The summed E-state index contributed by atoms with van der Waals surface area (Å²) in [5.74, 6) is -0.677. The van der Waals surface area contributed by atoms with Crippen LogP contribution in [0.25, 0.3) is 27.2 Å². The molecule has 0 spiro atoms. The van der Waals surface area contributed by atoms with Gasteiger partial charge in [-0.1, -0.05) is 35.9 Å². The first-order valence-electron chi connectivity index (χ1n) is 10.4. The Balaban J connectivity index is 1.42. The van der Waals surface area contributed by atoms with E-state index in [1.165, 1.54) is 23.6 Å². The fourth-order valence-electron chi connectivity index (χ4n) is 3.68. The van der Waals surface area contributed by atoms with Gasteiger partial charge >= 0.3 is 0 Å². The number of hydrogen-bond donors (Lipinski definition) is 1. The molecule has 0 bridgehead atoms. The smallest absolute Gasteiger partial charge is 0.262 e. The first kappa shape index (κ1) is 22.1. The Kier molecular flexibility index (Phi) is 6.00. The van der Waals surface area contributed by atoms with Gasteiger partial charge < -0.3 is 10.5 Å². The summed E-state index contributed by atoms with van der Waals surface area (Å²) in [4.78, 5) is 20.5. The molecule has 0 atom stereocenters. The molecule has 5 rings (SSSR count). The first-order chi connectivity index (χ1) is 16.5. The van der Waals surface area contributed by atoms with E-state index in [2.05, 4.69) is 9.97 Å². The lowest BCUT2D eigenvalue weighted by atomic mass is 10.1. The molecule has 34 heavy (non-hydrogen) atoms. The third-order valence-corrected chi connectivity index (χ3v) is 6.84. The van der Waals surface area contributed by atoms with Gasteiger partial charge in [0, 0.05) is 29.8 Å². The highest BCUT2D eigenvalue weighted by molar-refractivity contribution is 7.16. The van der Waals surface area contributed by atoms with Gasteiger partial charge in [-0.25, -0.2) is 9.97 Å². The average Bonchev–Trinajstić information content (AvgIpc) is 3.44. The zero-order valence-corrected chi connectivity index (χ0v) is 19.3. The summed E-state index contributed by atoms with van der Waals surface area (Å²) in [6.07, 6.45) is 3.69. The number of carbonyl (C=O) groups excluding carboxylic acids is 1. The third kappa shape index (κ3) is 4.37. The van der Waals surface area contributed by atoms with Crippen LogP contribution in [0.2, 0.25) is 5.02 Å². The monoisotopic (exact) mass is 492 g/mol. The van der Waals surface area contributed by atoms with Crippen LogP contribution in [0.1, 0.15) is 15.2 Å². The number of ether oxygens (including phenoxy) is 1. The van der Waals surface area contributed by atoms with Gasteiger partial charge in [-0.2, -0.15) is 4.39 Å². The topological polar surface area (TPSA) is 83.0 Å². The Morgan fingerprint density at radius 1 is 1.09 bits per heavy atom. The molecule has 0 radical (unpaired) electrons. The van der Waals surface area contributed by atoms with Gasteiger partial charge in [-0.15, -0.1) is 11.3 Å². The Labute approximate surface area is 203 Å². The second-order valence-corrected chi connectivity index (χ2v) is 8.96. The summed E-state index contributed by atoms with van der Waals surface area (Å²) in [6, 6.07) is 18.1. The number of rotatable bonds is 7. The number of carbonyl (C=O) groups is 1. The minimum atomic E-state index is -0.560. The number of nitrogens with zero attached hydrogens (tertiary/aromatic N) is 3. The van der Waals surface area contributed by atoms with Crippen LogP contribution in [-0.4, -0.2) is 27.0 Å². The zero-order chi connectivity index (χ0) is 23.7. The number of benzene rings is 2. The van der Waals surface area contributed by atoms with Crippen molar-refractivity contribution in [3.63, 3.8) is 0 Å². The normalized spacial score (nSPS) is 11.1. The number of thiophene rings is 1. The van der Waals surface area contributed by atoms with Crippen molar-refractivity contribution < 1.29 is 13.9 Å². The molecular weight excluding hydrogens is 475 g/mol. The van der Waals surface area contributed by atoms with Crippen molar-refractivity contribution in [3.8, 4) is 21.9 Å². The van der Waals surface area contributed by atoms with Crippen LogP contribution in [0.3, 0.4) is 0 Å². The van der Waals surface area contributed by atoms with Gasteiger partial charge in [0.25, 0.3) is 5.91 Å². The summed E-state index contributed by atoms with van der Waals surface area (Å²) in [6.45, 7) is 0.344.